The first kappa shape index (κ1) is 111. The number of amides is 10. The van der Waals surface area contributed by atoms with Gasteiger partial charge < -0.3 is 111 Å². The number of carbonyl (C=O) groups is 16. The van der Waals surface area contributed by atoms with E-state index in [2.05, 4.69) is 52.5 Å². The third kappa shape index (κ3) is 40.7. The van der Waals surface area contributed by atoms with Crippen molar-refractivity contribution in [3.05, 3.63) is 72.1 Å². The summed E-state index contributed by atoms with van der Waals surface area (Å²) in [5.41, 5.74) is 0.966. The molecule has 0 radical (unpaired) electrons. The second kappa shape index (κ2) is 58.9. The van der Waals surface area contributed by atoms with E-state index < -0.39 is 196 Å². The number of fused-ring (bicyclic) bond motifs is 2. The Labute approximate surface area is 784 Å². The van der Waals surface area contributed by atoms with Gasteiger partial charge in [-0.25, -0.2) is 27.2 Å². The molecule has 2 aromatic heterocycles. The van der Waals surface area contributed by atoms with Crippen LogP contribution in [0.2, 0.25) is 0 Å². The minimum atomic E-state index is -3.25. The number of aliphatic carboxylic acids is 4. The second-order valence-electron chi connectivity index (χ2n) is 32.0. The van der Waals surface area contributed by atoms with Gasteiger partial charge in [-0.15, -0.1) is 0 Å². The van der Waals surface area contributed by atoms with Crippen molar-refractivity contribution in [2.45, 2.75) is 145 Å². The van der Waals surface area contributed by atoms with Gasteiger partial charge in [0.05, 0.1) is 140 Å². The first-order valence-corrected chi connectivity index (χ1v) is 44.4. The van der Waals surface area contributed by atoms with E-state index in [-0.39, 0.29) is 214 Å². The summed E-state index contributed by atoms with van der Waals surface area (Å²) in [7, 11) is 0. The van der Waals surface area contributed by atoms with Gasteiger partial charge in [-0.2, -0.15) is 10.5 Å². The van der Waals surface area contributed by atoms with Crippen molar-refractivity contribution < 1.29 is 153 Å². The summed E-state index contributed by atoms with van der Waals surface area (Å²) in [5.74, 6) is -18.6. The van der Waals surface area contributed by atoms with Gasteiger partial charge in [0.2, 0.25) is 47.3 Å². The average molecular weight is 1940 g/mol. The summed E-state index contributed by atoms with van der Waals surface area (Å²) < 4.78 is 100. The predicted octanol–water partition coefficient (Wildman–Crippen LogP) is -0.650. The summed E-state index contributed by atoms with van der Waals surface area (Å²) in [6, 6.07) is 7.90. The van der Waals surface area contributed by atoms with Crippen molar-refractivity contribution in [1.29, 1.82) is 10.5 Å². The number of halogens is 4. The number of ether oxygens (including phenoxy) is 8. The molecule has 0 spiro atoms. The zero-order valence-corrected chi connectivity index (χ0v) is 75.4. The van der Waals surface area contributed by atoms with E-state index in [1.165, 1.54) is 36.7 Å². The van der Waals surface area contributed by atoms with Gasteiger partial charge in [0.15, 0.2) is 6.23 Å². The van der Waals surface area contributed by atoms with E-state index in [0.29, 0.717) is 59.0 Å². The van der Waals surface area contributed by atoms with Crippen LogP contribution in [-0.4, -0.2) is 388 Å². The van der Waals surface area contributed by atoms with Crippen LogP contribution in [0.15, 0.2) is 60.9 Å². The molecule has 3 fully saturated rings. The molecule has 4 aromatic rings. The number of benzene rings is 2. The first-order chi connectivity index (χ1) is 65.7. The van der Waals surface area contributed by atoms with E-state index in [9.17, 15) is 125 Å². The van der Waals surface area contributed by atoms with Gasteiger partial charge in [0, 0.05) is 147 Å². The van der Waals surface area contributed by atoms with E-state index in [4.69, 9.17) is 37.9 Å². The van der Waals surface area contributed by atoms with Crippen molar-refractivity contribution >= 4 is 118 Å². The topological polar surface area (TPSA) is 617 Å². The Balaban J connectivity index is 0.819. The van der Waals surface area contributed by atoms with E-state index in [1.807, 2.05) is 0 Å². The molecule has 0 bridgehead atoms. The smallest absolute Gasteiger partial charge is 0.326 e. The Morgan fingerprint density at radius 1 is 0.460 bits per heavy atom. The maximum Gasteiger partial charge on any atom is 0.326 e. The van der Waals surface area contributed by atoms with Crippen LogP contribution >= 0.6 is 0 Å². The summed E-state index contributed by atoms with van der Waals surface area (Å²) >= 11 is 0. The zero-order valence-electron chi connectivity index (χ0n) is 75.4. The fraction of sp³-hybridized carbons (Fsp3) is 0.586. The Kier molecular flexibility index (Phi) is 47.6. The van der Waals surface area contributed by atoms with Crippen LogP contribution in [0, 0.1) is 22.7 Å². The van der Waals surface area contributed by atoms with Crippen LogP contribution in [0.25, 0.3) is 21.8 Å². The number of carbonyl (C=O) groups excluding carboxylic acids is 12. The number of alkyl halides is 4. The lowest BCUT2D eigenvalue weighted by atomic mass is 10.1. The number of rotatable bonds is 61. The number of nitrogens with zero attached hydrogens (tertiary/aromatic N) is 10. The number of nitriles is 2. The summed E-state index contributed by atoms with van der Waals surface area (Å²) in [6.07, 6.45) is -1.48. The van der Waals surface area contributed by atoms with Crippen LogP contribution in [0.3, 0.4) is 0 Å². The van der Waals surface area contributed by atoms with Crippen molar-refractivity contribution in [2.24, 2.45) is 0 Å². The number of likely N-dealkylation sites (tertiary alicyclic amines) is 2. The maximum atomic E-state index is 14.0. The molecule has 7 rings (SSSR count). The van der Waals surface area contributed by atoms with Gasteiger partial charge >= 0.3 is 23.9 Å². The Hall–Kier alpha value is -13.2. The number of unbranched alkanes of at least 4 members (excludes halogenated alkanes) is 2. The molecule has 6 atom stereocenters. The van der Waals surface area contributed by atoms with Crippen LogP contribution < -0.4 is 52.0 Å². The molecule has 750 valence electrons. The lowest BCUT2D eigenvalue weighted by Gasteiger charge is -2.35. The van der Waals surface area contributed by atoms with Crippen LogP contribution in [0.5, 0.6) is 11.5 Å². The molecule has 10 amide bonds. The number of hydrogen-bond acceptors (Lipinski definition) is 32. The molecular weight excluding hydrogens is 1820 g/mol. The minimum absolute atomic E-state index is 0.0146. The van der Waals surface area contributed by atoms with Crippen LogP contribution in [0.1, 0.15) is 117 Å². The lowest BCUT2D eigenvalue weighted by Crippen LogP contribution is -2.52. The number of carboxylic acids is 4. The zero-order chi connectivity index (χ0) is 99.7. The normalized spacial score (nSPS) is 16.7. The predicted molar refractivity (Wildman–Crippen MR) is 468 cm³/mol. The van der Waals surface area contributed by atoms with E-state index >= 15 is 0 Å². The molecule has 50 heteroatoms. The SMILES string of the molecule is N#C[C@@H]1CC(F)(F)CN1C(=O)CNC(=O)c1ccnc2ccc(OCCCCNC(=O)CC[C@@H](NC(=O)CC[C@H](NC(=O)CCOCCOCCOCCOCCNC(=O)CCC(OC=O)N3CCN(COC=O)CCN(CC(=O)O)CCN(CC(=O)O)CC3)C(=O)N[C@H](CCC(=O)NCCCCOc3ccc4nccc(C(=O)NCC(=O)N5CC(F)(F)C[C@@H]5C#N)c4c3)C(=O)O)C(=O)O)cc12. The molecule has 3 saturated heterocycles. The first-order valence-electron chi connectivity index (χ1n) is 44.4. The maximum absolute atomic E-state index is 14.0. The standard InChI is InChI=1S/C87H116F4N18O28/c88-86(89)45-58(47-92)108(53-86)76(117)49-99-81(123)62-17-22-94-66-7-5-60(43-64(62)66)135-33-3-1-20-96-71(112)12-10-69(84(126)127)102-74(115)14-9-68(83(125)103-70(85(128)129)11-13-72(113)97-21-2-4-34-136-61-6-8-67-65(44-61)63(18-23-95-67)82(124)100-50-77(118)109-54-87(90,91)46-59(109)48-93)101-75(116)19-35-130-37-39-132-41-42-133-40-38-131-36-24-98-73(114)15-16-78(137-57-111)107-31-29-105(52-80(121)122)26-25-104(51-79(119)120)27-28-106(30-32-107)55-134-56-110/h5-8,17-18,22-23,43-44,56-59,68-70,78H,1-4,9-16,19-21,24-42,45-46,49-55H2,(H,96,112)(H,97,113)(H,98,114)(H,99,123)(H,100,124)(H,101,116)(H,102,115)(H,103,125)(H,119,120)(H,121,122)(H,126,127)(H,128,129)/t58-,59+,68-,69+,70+,78?/m0/s1. The molecule has 2 aromatic carbocycles. The van der Waals surface area contributed by atoms with Crippen molar-refractivity contribution in [3.8, 4) is 23.6 Å². The van der Waals surface area contributed by atoms with Crippen LogP contribution in [0.4, 0.5) is 17.6 Å². The van der Waals surface area contributed by atoms with E-state index in [1.54, 1.807) is 56.0 Å². The van der Waals surface area contributed by atoms with Crippen molar-refractivity contribution in [2.75, 3.05) is 184 Å². The van der Waals surface area contributed by atoms with Crippen molar-refractivity contribution in [3.63, 3.8) is 0 Å². The number of hydrogen-bond donors (Lipinski definition) is 12. The van der Waals surface area contributed by atoms with Gasteiger partial charge in [0.25, 0.3) is 36.6 Å². The Bertz CT molecular complexity index is 4830. The Morgan fingerprint density at radius 3 is 1.33 bits per heavy atom. The van der Waals surface area contributed by atoms with Gasteiger partial charge in [-0.05, 0) is 93.5 Å². The highest BCUT2D eigenvalue weighted by Crippen LogP contribution is 2.34. The molecule has 137 heavy (non-hydrogen) atoms. The fourth-order valence-corrected chi connectivity index (χ4v) is 14.5. The number of carboxylic acid groups (broad SMARTS) is 4. The highest BCUT2D eigenvalue weighted by Gasteiger charge is 2.49. The molecule has 12 N–H and O–H groups in total. The molecule has 0 saturated carbocycles. The monoisotopic (exact) mass is 1940 g/mol. The van der Waals surface area contributed by atoms with Gasteiger partial charge in [-0.3, -0.25) is 96.7 Å². The molecule has 3 aliphatic rings. The molecule has 3 aliphatic heterocycles. The molecule has 46 nitrogen and oxygen atoms in total. The number of aromatic nitrogens is 2. The van der Waals surface area contributed by atoms with E-state index in [0.717, 1.165) is 9.80 Å². The highest BCUT2D eigenvalue weighted by atomic mass is 19.3. The van der Waals surface area contributed by atoms with Gasteiger partial charge in [0.1, 0.15) is 48.4 Å². The molecule has 1 unspecified atom stereocenters. The van der Waals surface area contributed by atoms with Crippen molar-refractivity contribution in [1.82, 2.24) is 81.9 Å². The lowest BCUT2D eigenvalue weighted by molar-refractivity contribution is -0.147. The minimum Gasteiger partial charge on any atom is -0.494 e. The highest BCUT2D eigenvalue weighted by molar-refractivity contribution is 6.08. The molecule has 5 heterocycles. The third-order valence-electron chi connectivity index (χ3n) is 21.7. The summed E-state index contributed by atoms with van der Waals surface area (Å²) in [6.45, 7) is -0.533. The quantitative estimate of drug-likeness (QED) is 0.0148. The van der Waals surface area contributed by atoms with Gasteiger partial charge in [-0.1, -0.05) is 0 Å². The fourth-order valence-electron chi connectivity index (χ4n) is 14.5. The summed E-state index contributed by atoms with van der Waals surface area (Å²) in [4.78, 5) is 220. The largest absolute Gasteiger partial charge is 0.494 e. The molecule has 0 aliphatic carbocycles. The van der Waals surface area contributed by atoms with Crippen LogP contribution in [-0.2, 0) is 95.5 Å². The number of pyridine rings is 2. The Morgan fingerprint density at radius 2 is 0.869 bits per heavy atom. The summed E-state index contributed by atoms with van der Waals surface area (Å²) in [5, 5.41) is 78.6. The number of nitrogens with one attached hydrogen (secondary N) is 8. The third-order valence-corrected chi connectivity index (χ3v) is 21.7. The average Bonchev–Trinajstić information content (AvgIpc) is 1.79. The second-order valence-corrected chi connectivity index (χ2v) is 32.0. The molecular formula is C87H116F4N18O28.